The lowest BCUT2D eigenvalue weighted by Gasteiger charge is -2.34. The molecule has 0 amide bonds. The molecule has 0 bridgehead atoms. The zero-order chi connectivity index (χ0) is 24.0. The largest absolute Gasteiger partial charge is 0.465 e. The van der Waals surface area contributed by atoms with Crippen molar-refractivity contribution in [1.29, 1.82) is 0 Å². The Morgan fingerprint density at radius 3 is 2.32 bits per heavy atom. The van der Waals surface area contributed by atoms with Crippen molar-refractivity contribution in [2.24, 2.45) is 0 Å². The number of rotatable bonds is 7. The lowest BCUT2D eigenvalue weighted by atomic mass is 10.0. The minimum Gasteiger partial charge on any atom is -0.465 e. The van der Waals surface area contributed by atoms with Crippen LogP contribution in [0.25, 0.3) is 0 Å². The number of nitrogens with zero attached hydrogens (tertiary/aromatic N) is 1. The van der Waals surface area contributed by atoms with E-state index in [1.54, 1.807) is 60.1 Å². The van der Waals surface area contributed by atoms with Crippen LogP contribution in [-0.2, 0) is 18.6 Å². The Morgan fingerprint density at radius 1 is 1.03 bits per heavy atom. The third kappa shape index (κ3) is 5.70. The molecule has 34 heavy (non-hydrogen) atoms. The Balaban J connectivity index is 1.66. The van der Waals surface area contributed by atoms with Crippen LogP contribution in [0.1, 0.15) is 31.4 Å². The van der Waals surface area contributed by atoms with Crippen molar-refractivity contribution in [1.82, 2.24) is 4.67 Å². The van der Waals surface area contributed by atoms with Crippen LogP contribution in [0.5, 0.6) is 11.5 Å². The molecule has 2 atom stereocenters. The molecule has 0 aromatic heterocycles. The monoisotopic (exact) mass is 499 g/mol. The fourth-order valence-corrected chi connectivity index (χ4v) is 6.53. The molecule has 1 aliphatic rings. The minimum absolute atomic E-state index is 0.131. The van der Waals surface area contributed by atoms with E-state index in [4.69, 9.17) is 25.6 Å². The van der Waals surface area contributed by atoms with Crippen LogP contribution in [0.15, 0.2) is 78.9 Å². The molecule has 6 nitrogen and oxygen atoms in total. The van der Waals surface area contributed by atoms with Crippen LogP contribution in [0.2, 0.25) is 5.02 Å². The summed E-state index contributed by atoms with van der Waals surface area (Å²) >= 11 is 5.94. The highest BCUT2D eigenvalue weighted by molar-refractivity contribution is 7.64. The Hall–Kier alpha value is -2.63. The third-order valence-corrected chi connectivity index (χ3v) is 8.41. The summed E-state index contributed by atoms with van der Waals surface area (Å²) in [6.45, 7) is 2.21. The fourth-order valence-electron chi connectivity index (χ4n) is 3.99. The molecule has 4 rings (SSSR count). The molecule has 0 aliphatic carbocycles. The predicted molar refractivity (Wildman–Crippen MR) is 133 cm³/mol. The smallest absolute Gasteiger partial charge is 0.320 e. The number of benzene rings is 3. The highest BCUT2D eigenvalue weighted by Crippen LogP contribution is 2.56. The van der Waals surface area contributed by atoms with Gasteiger partial charge in [-0.1, -0.05) is 41.9 Å². The molecule has 3 aromatic carbocycles. The summed E-state index contributed by atoms with van der Waals surface area (Å²) in [4.78, 5) is 12.5. The first-order valence-corrected chi connectivity index (χ1v) is 13.2. The molecule has 0 saturated carbocycles. The van der Waals surface area contributed by atoms with Crippen molar-refractivity contribution in [3.63, 3.8) is 0 Å². The number of ether oxygens (including phenoxy) is 2. The third-order valence-electron chi connectivity index (χ3n) is 5.58. The van der Waals surface area contributed by atoms with Gasteiger partial charge in [0.25, 0.3) is 0 Å². The second-order valence-corrected chi connectivity index (χ2v) is 10.6. The maximum absolute atomic E-state index is 14.5. The first-order chi connectivity index (χ1) is 16.5. The lowest BCUT2D eigenvalue weighted by molar-refractivity contribution is -0.143. The second-order valence-electron chi connectivity index (χ2n) is 7.87. The van der Waals surface area contributed by atoms with Crippen LogP contribution in [-0.4, -0.2) is 30.4 Å². The molecule has 8 heteroatoms. The number of hydrogen-bond donors (Lipinski definition) is 0. The lowest BCUT2D eigenvalue weighted by Crippen LogP contribution is -2.35. The highest BCUT2D eigenvalue weighted by atomic mass is 35.5. The fraction of sp³-hybridized carbons (Fsp3) is 0.269. The Bertz CT molecular complexity index is 1140. The average Bonchev–Trinajstić information content (AvgIpc) is 3.01. The molecule has 2 unspecified atom stereocenters. The maximum Gasteiger partial charge on any atom is 0.320 e. The van der Waals surface area contributed by atoms with Crippen LogP contribution in [0, 0.1) is 0 Å². The quantitative estimate of drug-likeness (QED) is 0.278. The van der Waals surface area contributed by atoms with Gasteiger partial charge in [-0.05, 0) is 73.9 Å². The molecular weight excluding hydrogens is 473 g/mol. The molecule has 3 aromatic rings. The molecule has 1 aliphatic heterocycles. The SMILES string of the molecule is CCOC(=O)CN1C(c2ccccc2)CCCOP1(=O)c1ccc(Oc2ccc(Cl)cc2)cc1. The van der Waals surface area contributed by atoms with Gasteiger partial charge in [0, 0.05) is 11.1 Å². The molecule has 0 radical (unpaired) electrons. The van der Waals surface area contributed by atoms with E-state index in [1.807, 2.05) is 30.3 Å². The summed E-state index contributed by atoms with van der Waals surface area (Å²) in [6, 6.07) is 23.6. The number of carbonyl (C=O) groups is 1. The normalized spacial score (nSPS) is 20.9. The molecule has 178 valence electrons. The van der Waals surface area contributed by atoms with Crippen molar-refractivity contribution < 1.29 is 23.4 Å². The summed E-state index contributed by atoms with van der Waals surface area (Å²) in [5.74, 6) is 0.795. The summed E-state index contributed by atoms with van der Waals surface area (Å²) in [5, 5.41) is 1.13. The van der Waals surface area contributed by atoms with Crippen molar-refractivity contribution >= 4 is 30.4 Å². The molecule has 1 fully saturated rings. The summed E-state index contributed by atoms with van der Waals surface area (Å²) in [5.41, 5.74) is 0.986. The van der Waals surface area contributed by atoms with Gasteiger partial charge in [0.1, 0.15) is 18.0 Å². The van der Waals surface area contributed by atoms with Crippen molar-refractivity contribution in [3.8, 4) is 11.5 Å². The van der Waals surface area contributed by atoms with Crippen LogP contribution >= 0.6 is 19.1 Å². The van der Waals surface area contributed by atoms with Gasteiger partial charge >= 0.3 is 13.5 Å². The van der Waals surface area contributed by atoms with Gasteiger partial charge in [-0.2, -0.15) is 0 Å². The number of esters is 1. The Labute approximate surface area is 204 Å². The summed E-state index contributed by atoms with van der Waals surface area (Å²) < 4.78 is 33.2. The average molecular weight is 500 g/mol. The van der Waals surface area contributed by atoms with E-state index in [9.17, 15) is 9.36 Å². The predicted octanol–water partition coefficient (Wildman–Crippen LogP) is 6.37. The van der Waals surface area contributed by atoms with Gasteiger partial charge in [0.2, 0.25) is 0 Å². The number of carbonyl (C=O) groups excluding carboxylic acids is 1. The van der Waals surface area contributed by atoms with Crippen molar-refractivity contribution in [3.05, 3.63) is 89.4 Å². The number of hydrogen-bond acceptors (Lipinski definition) is 5. The van der Waals surface area contributed by atoms with Crippen LogP contribution in [0.4, 0.5) is 0 Å². The minimum atomic E-state index is -3.57. The van der Waals surface area contributed by atoms with E-state index in [-0.39, 0.29) is 19.2 Å². The zero-order valence-electron chi connectivity index (χ0n) is 18.9. The highest BCUT2D eigenvalue weighted by Gasteiger charge is 2.42. The van der Waals surface area contributed by atoms with Gasteiger partial charge in [-0.25, -0.2) is 4.67 Å². The topological polar surface area (TPSA) is 65.1 Å². The zero-order valence-corrected chi connectivity index (χ0v) is 20.6. The second kappa shape index (κ2) is 11.2. The van der Waals surface area contributed by atoms with E-state index in [2.05, 4.69) is 0 Å². The van der Waals surface area contributed by atoms with Gasteiger partial charge in [-0.3, -0.25) is 9.36 Å². The standard InChI is InChI=1S/C26H27ClNO5P/c1-2-31-26(29)19-28-25(20-7-4-3-5-8-20)9-6-18-32-34(28,30)24-16-14-23(15-17-24)33-22-12-10-21(27)11-13-22/h3-5,7-8,10-17,25H,2,6,9,18-19H2,1H3. The number of halogens is 1. The molecule has 0 spiro atoms. The van der Waals surface area contributed by atoms with Gasteiger partial charge in [0.15, 0.2) is 0 Å². The van der Waals surface area contributed by atoms with E-state index in [0.717, 1.165) is 12.0 Å². The summed E-state index contributed by atoms with van der Waals surface area (Å²) in [6.07, 6.45) is 1.44. The van der Waals surface area contributed by atoms with Crippen molar-refractivity contribution in [2.75, 3.05) is 19.8 Å². The van der Waals surface area contributed by atoms with Gasteiger partial charge < -0.3 is 14.0 Å². The molecule has 0 N–H and O–H groups in total. The van der Waals surface area contributed by atoms with E-state index in [0.29, 0.717) is 34.9 Å². The molecule has 1 saturated heterocycles. The van der Waals surface area contributed by atoms with E-state index >= 15 is 0 Å². The Morgan fingerprint density at radius 2 is 1.68 bits per heavy atom. The van der Waals surface area contributed by atoms with Crippen LogP contribution in [0.3, 0.4) is 0 Å². The van der Waals surface area contributed by atoms with E-state index in [1.165, 1.54) is 0 Å². The van der Waals surface area contributed by atoms with E-state index < -0.39 is 13.5 Å². The van der Waals surface area contributed by atoms with Gasteiger partial charge in [-0.15, -0.1) is 0 Å². The Kier molecular flexibility index (Phi) is 8.07. The van der Waals surface area contributed by atoms with Gasteiger partial charge in [0.05, 0.1) is 18.5 Å². The summed E-state index contributed by atoms with van der Waals surface area (Å²) in [7, 11) is -3.57. The maximum atomic E-state index is 14.5. The molecule has 1 heterocycles. The molecular formula is C26H27ClNO5P. The van der Waals surface area contributed by atoms with Crippen LogP contribution < -0.4 is 10.0 Å². The first kappa shape index (κ1) is 24.5. The van der Waals surface area contributed by atoms with Crippen molar-refractivity contribution in [2.45, 2.75) is 25.8 Å². The first-order valence-electron chi connectivity index (χ1n) is 11.3.